The molecule has 4 aromatic rings. The second-order valence-corrected chi connectivity index (χ2v) is 6.48. The van der Waals surface area contributed by atoms with Gasteiger partial charge in [0.1, 0.15) is 18.1 Å². The maximum atomic E-state index is 12.6. The number of carbonyl (C=O) groups excluding carboxylic acids is 1. The van der Waals surface area contributed by atoms with Crippen molar-refractivity contribution in [2.24, 2.45) is 0 Å². The molecule has 2 aromatic heterocycles. The molecule has 2 N–H and O–H groups in total. The predicted octanol–water partition coefficient (Wildman–Crippen LogP) is 2.98. The van der Waals surface area contributed by atoms with Crippen molar-refractivity contribution in [2.75, 3.05) is 6.61 Å². The number of aromatic amines is 1. The van der Waals surface area contributed by atoms with E-state index in [1.165, 1.54) is 5.39 Å². The number of benzene rings is 2. The highest BCUT2D eigenvalue weighted by Crippen LogP contribution is 2.25. The number of carbonyl (C=O) groups is 1. The fourth-order valence-electron chi connectivity index (χ4n) is 3.58. The van der Waals surface area contributed by atoms with Crippen LogP contribution in [0.5, 0.6) is 0 Å². The third-order valence-corrected chi connectivity index (χ3v) is 4.91. The number of aromatic nitrogens is 3. The highest BCUT2D eigenvalue weighted by atomic mass is 16.5. The van der Waals surface area contributed by atoms with Gasteiger partial charge in [-0.25, -0.2) is 4.98 Å². The Morgan fingerprint density at radius 2 is 2.15 bits per heavy atom. The Morgan fingerprint density at radius 1 is 1.23 bits per heavy atom. The highest BCUT2D eigenvalue weighted by Gasteiger charge is 2.16. The van der Waals surface area contributed by atoms with Crippen molar-refractivity contribution < 1.29 is 9.53 Å². The number of hydrogen-bond donors (Lipinski definition) is 2. The molecule has 0 saturated carbocycles. The summed E-state index contributed by atoms with van der Waals surface area (Å²) in [6, 6.07) is 14.2. The number of H-pyrrole nitrogens is 1. The molecule has 1 amide bonds. The summed E-state index contributed by atoms with van der Waals surface area (Å²) >= 11 is 0. The fraction of sp³-hybridized carbons (Fsp3) is 0.200. The number of nitrogens with one attached hydrogen (secondary N) is 2. The molecule has 0 spiro atoms. The molecule has 0 bridgehead atoms. The van der Waals surface area contributed by atoms with Crippen LogP contribution in [0.2, 0.25) is 0 Å². The quantitative estimate of drug-likeness (QED) is 0.599. The predicted molar refractivity (Wildman–Crippen MR) is 98.9 cm³/mol. The second kappa shape index (κ2) is 6.00. The van der Waals surface area contributed by atoms with E-state index < -0.39 is 0 Å². The molecule has 0 radical (unpaired) electrons. The van der Waals surface area contributed by atoms with Crippen molar-refractivity contribution in [2.45, 2.75) is 19.7 Å². The summed E-state index contributed by atoms with van der Waals surface area (Å²) in [4.78, 5) is 20.2. The number of imidazole rings is 1. The highest BCUT2D eigenvalue weighted by molar-refractivity contribution is 6.09. The van der Waals surface area contributed by atoms with Gasteiger partial charge in [0.2, 0.25) is 0 Å². The van der Waals surface area contributed by atoms with E-state index in [9.17, 15) is 4.79 Å². The maximum absolute atomic E-state index is 12.6. The minimum Gasteiger partial charge on any atom is -0.372 e. The summed E-state index contributed by atoms with van der Waals surface area (Å²) in [5.41, 5.74) is 2.53. The van der Waals surface area contributed by atoms with Crippen molar-refractivity contribution in [1.82, 2.24) is 19.9 Å². The van der Waals surface area contributed by atoms with Gasteiger partial charge in [-0.1, -0.05) is 30.3 Å². The zero-order valence-corrected chi connectivity index (χ0v) is 14.2. The molecule has 0 unspecified atom stereocenters. The molecule has 1 aliphatic heterocycles. The van der Waals surface area contributed by atoms with E-state index in [0.29, 0.717) is 25.5 Å². The molecular formula is C20H18N4O2. The van der Waals surface area contributed by atoms with Gasteiger partial charge in [-0.2, -0.15) is 0 Å². The largest absolute Gasteiger partial charge is 0.372 e. The number of amides is 1. The summed E-state index contributed by atoms with van der Waals surface area (Å²) in [6.45, 7) is 2.43. The lowest BCUT2D eigenvalue weighted by atomic mass is 10.1. The Bertz CT molecular complexity index is 1130. The Morgan fingerprint density at radius 3 is 3.12 bits per heavy atom. The van der Waals surface area contributed by atoms with Crippen molar-refractivity contribution in [3.8, 4) is 0 Å². The van der Waals surface area contributed by atoms with Crippen LogP contribution >= 0.6 is 0 Å². The number of hydrogen-bond acceptors (Lipinski definition) is 3. The summed E-state index contributed by atoms with van der Waals surface area (Å²) in [5.74, 6) is 0.797. The van der Waals surface area contributed by atoms with E-state index in [-0.39, 0.29) is 5.91 Å². The van der Waals surface area contributed by atoms with Gasteiger partial charge in [0.05, 0.1) is 25.0 Å². The molecule has 0 atom stereocenters. The summed E-state index contributed by atoms with van der Waals surface area (Å²) in [5, 5.41) is 6.36. The summed E-state index contributed by atoms with van der Waals surface area (Å²) < 4.78 is 7.51. The van der Waals surface area contributed by atoms with Crippen LogP contribution in [0, 0.1) is 0 Å². The molecule has 6 heteroatoms. The number of rotatable bonds is 3. The first-order chi connectivity index (χ1) is 12.8. The molecular weight excluding hydrogens is 328 g/mol. The van der Waals surface area contributed by atoms with Crippen LogP contribution in [0.15, 0.2) is 48.7 Å². The first-order valence-corrected chi connectivity index (χ1v) is 8.69. The third-order valence-electron chi connectivity index (χ3n) is 4.91. The van der Waals surface area contributed by atoms with E-state index >= 15 is 0 Å². The average Bonchev–Trinajstić information content (AvgIpc) is 3.30. The molecule has 26 heavy (non-hydrogen) atoms. The first-order valence-electron chi connectivity index (χ1n) is 8.69. The Kier molecular flexibility index (Phi) is 3.50. The molecule has 6 nitrogen and oxygen atoms in total. The SMILES string of the molecule is O=C(NCc1cnc2n1CCOC2)c1cc2c(ccc3ccccc32)[nH]1. The number of nitrogens with zero attached hydrogens (tertiary/aromatic N) is 2. The van der Waals surface area contributed by atoms with Crippen molar-refractivity contribution in [3.05, 3.63) is 65.9 Å². The monoisotopic (exact) mass is 346 g/mol. The van der Waals surface area contributed by atoms with Crippen molar-refractivity contribution in [1.29, 1.82) is 0 Å². The molecule has 1 aliphatic rings. The Labute approximate surface area is 149 Å². The van der Waals surface area contributed by atoms with Crippen LogP contribution in [0.3, 0.4) is 0 Å². The molecule has 0 aliphatic carbocycles. The first kappa shape index (κ1) is 15.2. The minimum absolute atomic E-state index is 0.118. The standard InChI is InChI=1S/C20H18N4O2/c25-20(22-11-14-10-21-19-12-26-8-7-24(14)19)18-9-16-15-4-2-1-3-13(15)5-6-17(16)23-18/h1-6,9-10,23H,7-8,11-12H2,(H,22,25). The maximum Gasteiger partial charge on any atom is 0.268 e. The van der Waals surface area contributed by atoms with Gasteiger partial charge in [0, 0.05) is 17.4 Å². The van der Waals surface area contributed by atoms with Crippen LogP contribution < -0.4 is 5.32 Å². The van der Waals surface area contributed by atoms with Crippen LogP contribution in [-0.2, 0) is 24.4 Å². The molecule has 3 heterocycles. The van der Waals surface area contributed by atoms with Gasteiger partial charge in [0.25, 0.3) is 5.91 Å². The molecule has 130 valence electrons. The lowest BCUT2D eigenvalue weighted by molar-refractivity contribution is 0.0802. The second-order valence-electron chi connectivity index (χ2n) is 6.48. The van der Waals surface area contributed by atoms with Gasteiger partial charge >= 0.3 is 0 Å². The average molecular weight is 346 g/mol. The topological polar surface area (TPSA) is 71.9 Å². The van der Waals surface area contributed by atoms with Crippen LogP contribution in [0.25, 0.3) is 21.7 Å². The molecule has 0 fully saturated rings. The summed E-state index contributed by atoms with van der Waals surface area (Å²) in [7, 11) is 0. The van der Waals surface area contributed by atoms with Crippen LogP contribution in [0.1, 0.15) is 22.0 Å². The van der Waals surface area contributed by atoms with E-state index in [1.807, 2.05) is 30.5 Å². The number of fused-ring (bicyclic) bond motifs is 4. The van der Waals surface area contributed by atoms with Gasteiger partial charge in [-0.05, 0) is 22.9 Å². The van der Waals surface area contributed by atoms with Crippen molar-refractivity contribution >= 4 is 27.6 Å². The van der Waals surface area contributed by atoms with Gasteiger partial charge in [-0.15, -0.1) is 0 Å². The van der Waals surface area contributed by atoms with Gasteiger partial charge in [0.15, 0.2) is 0 Å². The molecule has 0 saturated heterocycles. The summed E-state index contributed by atoms with van der Waals surface area (Å²) in [6.07, 6.45) is 1.81. The Balaban J connectivity index is 1.40. The minimum atomic E-state index is -0.118. The zero-order valence-electron chi connectivity index (χ0n) is 14.2. The van der Waals surface area contributed by atoms with Gasteiger partial charge < -0.3 is 19.6 Å². The van der Waals surface area contributed by atoms with Gasteiger partial charge in [-0.3, -0.25) is 4.79 Å². The third kappa shape index (κ3) is 2.46. The van der Waals surface area contributed by atoms with Crippen LogP contribution in [0.4, 0.5) is 0 Å². The van der Waals surface area contributed by atoms with E-state index in [4.69, 9.17) is 4.74 Å². The lowest BCUT2D eigenvalue weighted by Gasteiger charge is -2.17. The number of ether oxygens (including phenoxy) is 1. The fourth-order valence-corrected chi connectivity index (χ4v) is 3.58. The van der Waals surface area contributed by atoms with Crippen molar-refractivity contribution in [3.63, 3.8) is 0 Å². The van der Waals surface area contributed by atoms with Crippen LogP contribution in [-0.4, -0.2) is 27.0 Å². The Hall–Kier alpha value is -3.12. The van der Waals surface area contributed by atoms with E-state index in [0.717, 1.165) is 34.4 Å². The smallest absolute Gasteiger partial charge is 0.268 e. The molecule has 2 aromatic carbocycles. The normalized spacial score (nSPS) is 13.8. The van der Waals surface area contributed by atoms with E-state index in [1.54, 1.807) is 0 Å². The zero-order chi connectivity index (χ0) is 17.5. The lowest BCUT2D eigenvalue weighted by Crippen LogP contribution is -2.26. The molecule has 5 rings (SSSR count). The van der Waals surface area contributed by atoms with E-state index in [2.05, 4.69) is 38.1 Å².